The SMILES string of the molecule is CC(C)(C)NS(=O)(=O)c1cccc(NC(=O)C[C@H]2C[C@H]3CC[C@@H]2C3)c1. The Hall–Kier alpha value is -1.40. The van der Waals surface area contributed by atoms with Crippen LogP contribution in [-0.2, 0) is 14.8 Å². The molecule has 6 heteroatoms. The Morgan fingerprint density at radius 3 is 2.56 bits per heavy atom. The Balaban J connectivity index is 1.64. The smallest absolute Gasteiger partial charge is 0.241 e. The van der Waals surface area contributed by atoms with Gasteiger partial charge < -0.3 is 5.32 Å². The van der Waals surface area contributed by atoms with E-state index in [-0.39, 0.29) is 10.8 Å². The molecule has 0 heterocycles. The maximum atomic E-state index is 12.4. The van der Waals surface area contributed by atoms with Crippen molar-refractivity contribution in [2.75, 3.05) is 5.32 Å². The number of carbonyl (C=O) groups is 1. The molecule has 2 fully saturated rings. The van der Waals surface area contributed by atoms with Gasteiger partial charge in [-0.15, -0.1) is 0 Å². The van der Waals surface area contributed by atoms with E-state index in [0.29, 0.717) is 23.9 Å². The largest absolute Gasteiger partial charge is 0.326 e. The lowest BCUT2D eigenvalue weighted by Crippen LogP contribution is -2.40. The highest BCUT2D eigenvalue weighted by Crippen LogP contribution is 2.49. The van der Waals surface area contributed by atoms with Crippen LogP contribution in [0.1, 0.15) is 52.9 Å². The number of hydrogen-bond donors (Lipinski definition) is 2. The number of benzene rings is 1. The van der Waals surface area contributed by atoms with E-state index in [1.165, 1.54) is 31.7 Å². The molecule has 1 aromatic carbocycles. The van der Waals surface area contributed by atoms with E-state index in [4.69, 9.17) is 0 Å². The van der Waals surface area contributed by atoms with Gasteiger partial charge in [-0.1, -0.05) is 12.5 Å². The van der Waals surface area contributed by atoms with E-state index < -0.39 is 15.6 Å². The number of anilines is 1. The zero-order valence-electron chi connectivity index (χ0n) is 15.2. The Bertz CT molecular complexity index is 752. The van der Waals surface area contributed by atoms with Gasteiger partial charge in [-0.2, -0.15) is 0 Å². The number of hydrogen-bond acceptors (Lipinski definition) is 3. The van der Waals surface area contributed by atoms with Crippen LogP contribution in [0.3, 0.4) is 0 Å². The minimum absolute atomic E-state index is 0.0177. The predicted molar refractivity (Wildman–Crippen MR) is 98.7 cm³/mol. The quantitative estimate of drug-likeness (QED) is 0.839. The van der Waals surface area contributed by atoms with Gasteiger partial charge in [0.25, 0.3) is 0 Å². The zero-order valence-corrected chi connectivity index (χ0v) is 16.0. The molecule has 2 aliphatic rings. The van der Waals surface area contributed by atoms with Crippen molar-refractivity contribution in [1.29, 1.82) is 0 Å². The van der Waals surface area contributed by atoms with Crippen LogP contribution in [0.2, 0.25) is 0 Å². The standard InChI is InChI=1S/C19H28N2O3S/c1-19(2,3)21-25(23,24)17-6-4-5-16(12-17)20-18(22)11-15-10-13-7-8-14(15)9-13/h4-6,12-15,21H,7-11H2,1-3H3,(H,20,22)/t13-,14+,15+/m0/s1. The number of fused-ring (bicyclic) bond motifs is 2. The molecule has 0 aliphatic heterocycles. The van der Waals surface area contributed by atoms with Gasteiger partial charge in [0.15, 0.2) is 0 Å². The molecule has 1 amide bonds. The summed E-state index contributed by atoms with van der Waals surface area (Å²) in [4.78, 5) is 12.5. The molecule has 1 aromatic rings. The number of carbonyl (C=O) groups excluding carboxylic acids is 1. The lowest BCUT2D eigenvalue weighted by Gasteiger charge is -2.21. The van der Waals surface area contributed by atoms with E-state index in [9.17, 15) is 13.2 Å². The van der Waals surface area contributed by atoms with Crippen LogP contribution in [-0.4, -0.2) is 19.9 Å². The minimum atomic E-state index is -3.61. The summed E-state index contributed by atoms with van der Waals surface area (Å²) in [6.07, 6.45) is 5.57. The van der Waals surface area contributed by atoms with Crippen molar-refractivity contribution < 1.29 is 13.2 Å². The molecule has 0 saturated heterocycles. The third kappa shape index (κ3) is 4.61. The summed E-state index contributed by atoms with van der Waals surface area (Å²) in [6.45, 7) is 5.39. The van der Waals surface area contributed by atoms with E-state index in [0.717, 1.165) is 5.92 Å². The van der Waals surface area contributed by atoms with Gasteiger partial charge in [0.2, 0.25) is 15.9 Å². The van der Waals surface area contributed by atoms with Crippen LogP contribution < -0.4 is 10.0 Å². The average Bonchev–Trinajstić information content (AvgIpc) is 3.07. The third-order valence-corrected chi connectivity index (χ3v) is 6.96. The number of amides is 1. The zero-order chi connectivity index (χ0) is 18.2. The van der Waals surface area contributed by atoms with Gasteiger partial charge in [-0.3, -0.25) is 4.79 Å². The fourth-order valence-corrected chi connectivity index (χ4v) is 5.74. The topological polar surface area (TPSA) is 75.3 Å². The van der Waals surface area contributed by atoms with Gasteiger partial charge >= 0.3 is 0 Å². The molecular weight excluding hydrogens is 336 g/mol. The summed E-state index contributed by atoms with van der Waals surface area (Å²) in [5.74, 6) is 2.00. The number of rotatable bonds is 5. The van der Waals surface area contributed by atoms with Crippen molar-refractivity contribution in [3.05, 3.63) is 24.3 Å². The highest BCUT2D eigenvalue weighted by atomic mass is 32.2. The van der Waals surface area contributed by atoms with Gasteiger partial charge in [-0.05, 0) is 76.0 Å². The third-order valence-electron chi connectivity index (χ3n) is 5.20. The molecule has 25 heavy (non-hydrogen) atoms. The van der Waals surface area contributed by atoms with Gasteiger partial charge in [0.1, 0.15) is 0 Å². The van der Waals surface area contributed by atoms with Crippen molar-refractivity contribution >= 4 is 21.6 Å². The fraction of sp³-hybridized carbons (Fsp3) is 0.632. The Kier molecular flexibility index (Phi) is 4.95. The molecule has 3 rings (SSSR count). The molecule has 2 bridgehead atoms. The van der Waals surface area contributed by atoms with Crippen LogP contribution >= 0.6 is 0 Å². The maximum Gasteiger partial charge on any atom is 0.241 e. The molecule has 2 N–H and O–H groups in total. The highest BCUT2D eigenvalue weighted by molar-refractivity contribution is 7.89. The van der Waals surface area contributed by atoms with Crippen molar-refractivity contribution in [2.24, 2.45) is 17.8 Å². The summed E-state index contributed by atoms with van der Waals surface area (Å²) in [7, 11) is -3.61. The molecule has 2 saturated carbocycles. The first-order valence-corrected chi connectivity index (χ1v) is 10.5. The average molecular weight is 365 g/mol. The second kappa shape index (κ2) is 6.72. The lowest BCUT2D eigenvalue weighted by molar-refractivity contribution is -0.117. The first-order chi connectivity index (χ1) is 11.6. The van der Waals surface area contributed by atoms with E-state index in [1.807, 2.05) is 0 Å². The minimum Gasteiger partial charge on any atom is -0.326 e. The van der Waals surface area contributed by atoms with Crippen molar-refractivity contribution in [3.63, 3.8) is 0 Å². The summed E-state index contributed by atoms with van der Waals surface area (Å²) in [6, 6.07) is 6.45. The monoisotopic (exact) mass is 364 g/mol. The predicted octanol–water partition coefficient (Wildman–Crippen LogP) is 3.53. The highest BCUT2D eigenvalue weighted by Gasteiger charge is 2.40. The molecule has 5 nitrogen and oxygen atoms in total. The Morgan fingerprint density at radius 1 is 1.20 bits per heavy atom. The Labute approximate surface area is 150 Å². The maximum absolute atomic E-state index is 12.4. The molecule has 3 atom stereocenters. The second-order valence-electron chi connectivity index (χ2n) is 8.57. The van der Waals surface area contributed by atoms with Gasteiger partial charge in [0, 0.05) is 17.6 Å². The van der Waals surface area contributed by atoms with Crippen LogP contribution in [0.25, 0.3) is 0 Å². The van der Waals surface area contributed by atoms with Crippen LogP contribution in [0.4, 0.5) is 5.69 Å². The fourth-order valence-electron chi connectivity index (χ4n) is 4.28. The summed E-state index contributed by atoms with van der Waals surface area (Å²) >= 11 is 0. The summed E-state index contributed by atoms with van der Waals surface area (Å²) in [5, 5.41) is 2.87. The van der Waals surface area contributed by atoms with Crippen molar-refractivity contribution in [2.45, 2.75) is 63.3 Å². The normalized spacial score (nSPS) is 26.0. The van der Waals surface area contributed by atoms with E-state index in [2.05, 4.69) is 10.0 Å². The molecule has 2 aliphatic carbocycles. The van der Waals surface area contributed by atoms with Crippen LogP contribution in [0, 0.1) is 17.8 Å². The van der Waals surface area contributed by atoms with Crippen LogP contribution in [0.15, 0.2) is 29.2 Å². The molecule has 138 valence electrons. The molecular formula is C19H28N2O3S. The van der Waals surface area contributed by atoms with Gasteiger partial charge in [-0.25, -0.2) is 13.1 Å². The lowest BCUT2D eigenvalue weighted by atomic mass is 9.86. The van der Waals surface area contributed by atoms with Crippen LogP contribution in [0.5, 0.6) is 0 Å². The van der Waals surface area contributed by atoms with Crippen molar-refractivity contribution in [3.8, 4) is 0 Å². The molecule has 0 aromatic heterocycles. The van der Waals surface area contributed by atoms with Gasteiger partial charge in [0.05, 0.1) is 4.90 Å². The first kappa shape index (κ1) is 18.4. The first-order valence-electron chi connectivity index (χ1n) is 9.06. The number of sulfonamides is 1. The molecule has 0 spiro atoms. The van der Waals surface area contributed by atoms with E-state index in [1.54, 1.807) is 39.0 Å². The summed E-state index contributed by atoms with van der Waals surface area (Å²) in [5.41, 5.74) is -0.0233. The second-order valence-corrected chi connectivity index (χ2v) is 10.3. The van der Waals surface area contributed by atoms with E-state index >= 15 is 0 Å². The molecule has 0 radical (unpaired) electrons. The summed E-state index contributed by atoms with van der Waals surface area (Å²) < 4.78 is 27.5. The molecule has 0 unspecified atom stereocenters. The Morgan fingerprint density at radius 2 is 1.96 bits per heavy atom. The van der Waals surface area contributed by atoms with Crippen molar-refractivity contribution in [1.82, 2.24) is 4.72 Å². The number of nitrogens with one attached hydrogen (secondary N) is 2.